The van der Waals surface area contributed by atoms with E-state index in [1.807, 2.05) is 49.4 Å². The van der Waals surface area contributed by atoms with E-state index >= 15 is 0 Å². The van der Waals surface area contributed by atoms with Crippen molar-refractivity contribution in [3.8, 4) is 0 Å². The lowest BCUT2D eigenvalue weighted by Gasteiger charge is -2.31. The number of amides is 2. The van der Waals surface area contributed by atoms with E-state index in [-0.39, 0.29) is 11.8 Å². The van der Waals surface area contributed by atoms with E-state index in [9.17, 15) is 14.0 Å². The summed E-state index contributed by atoms with van der Waals surface area (Å²) in [5.41, 5.74) is 3.52. The van der Waals surface area contributed by atoms with Crippen LogP contribution in [-0.2, 0) is 16.0 Å². The van der Waals surface area contributed by atoms with Crippen LogP contribution in [0.5, 0.6) is 0 Å². The minimum absolute atomic E-state index is 0.316. The Bertz CT molecular complexity index is 1160. The second kappa shape index (κ2) is 11.6. The van der Waals surface area contributed by atoms with Crippen molar-refractivity contribution in [3.63, 3.8) is 0 Å². The lowest BCUT2D eigenvalue weighted by Crippen LogP contribution is -2.44. The number of aryl methyl sites for hydroxylation is 2. The molecule has 1 saturated heterocycles. The van der Waals surface area contributed by atoms with Crippen molar-refractivity contribution in [1.82, 2.24) is 5.32 Å². The number of benzene rings is 3. The second-order valence-corrected chi connectivity index (χ2v) is 8.62. The molecular weight excluding hydrogens is 445 g/mol. The first-order valence-corrected chi connectivity index (χ1v) is 11.8. The summed E-state index contributed by atoms with van der Waals surface area (Å²) in [5.74, 6) is -1.14. The molecule has 2 N–H and O–H groups in total. The number of rotatable bonds is 8. The van der Waals surface area contributed by atoms with Gasteiger partial charge < -0.3 is 20.3 Å². The molecule has 1 unspecified atom stereocenters. The highest BCUT2D eigenvalue weighted by Gasteiger charge is 2.24. The Hall–Kier alpha value is -3.71. The fourth-order valence-corrected chi connectivity index (χ4v) is 4.20. The molecule has 1 aliphatic rings. The van der Waals surface area contributed by atoms with Crippen LogP contribution in [-0.4, -0.2) is 44.2 Å². The van der Waals surface area contributed by atoms with Gasteiger partial charge in [0, 0.05) is 18.7 Å². The zero-order chi connectivity index (χ0) is 24.6. The second-order valence-electron chi connectivity index (χ2n) is 8.62. The Kier molecular flexibility index (Phi) is 8.11. The van der Waals surface area contributed by atoms with Gasteiger partial charge in [-0.25, -0.2) is 4.39 Å². The molecule has 6 nitrogen and oxygen atoms in total. The first-order chi connectivity index (χ1) is 17.0. The molecule has 1 atom stereocenters. The number of morpholine rings is 1. The first-order valence-electron chi connectivity index (χ1n) is 11.8. The predicted octanol–water partition coefficient (Wildman–Crippen LogP) is 4.34. The van der Waals surface area contributed by atoms with Crippen molar-refractivity contribution >= 4 is 23.2 Å². The first kappa shape index (κ1) is 24.4. The zero-order valence-electron chi connectivity index (χ0n) is 19.8. The quantitative estimate of drug-likeness (QED) is 0.509. The van der Waals surface area contributed by atoms with Crippen LogP contribution >= 0.6 is 0 Å². The molecule has 0 saturated carbocycles. The zero-order valence-corrected chi connectivity index (χ0v) is 19.8. The van der Waals surface area contributed by atoms with Crippen molar-refractivity contribution in [2.45, 2.75) is 25.8 Å². The average molecular weight is 476 g/mol. The highest BCUT2D eigenvalue weighted by Crippen LogP contribution is 2.28. The smallest absolute Gasteiger partial charge is 0.252 e. The monoisotopic (exact) mass is 475 g/mol. The Labute approximate surface area is 205 Å². The van der Waals surface area contributed by atoms with Crippen molar-refractivity contribution < 1.29 is 18.7 Å². The molecule has 0 aromatic heterocycles. The van der Waals surface area contributed by atoms with Gasteiger partial charge in [-0.15, -0.1) is 0 Å². The molecule has 1 heterocycles. The van der Waals surface area contributed by atoms with Crippen LogP contribution in [0.15, 0.2) is 72.8 Å². The molecule has 0 bridgehead atoms. The number of carbonyl (C=O) groups excluding carboxylic acids is 2. The lowest BCUT2D eigenvalue weighted by atomic mass is 10.0. The molecule has 3 aromatic carbocycles. The molecule has 0 aliphatic carbocycles. The highest BCUT2D eigenvalue weighted by atomic mass is 19.1. The van der Waals surface area contributed by atoms with Gasteiger partial charge in [0.25, 0.3) is 5.91 Å². The van der Waals surface area contributed by atoms with E-state index < -0.39 is 11.9 Å². The van der Waals surface area contributed by atoms with Crippen LogP contribution < -0.4 is 15.5 Å². The van der Waals surface area contributed by atoms with Crippen LogP contribution in [0.2, 0.25) is 0 Å². The standard InChI is InChI=1S/C28H30FN3O3/c1-20-7-5-6-10-23(20)27(33)30-24(13-11-21-8-3-2-4-9-21)28(34)31-25-19-22(29)12-14-26(25)32-15-17-35-18-16-32/h2-10,12,14,19,24H,11,13,15-18H2,1H3,(H,30,33)(H,31,34). The molecule has 35 heavy (non-hydrogen) atoms. The van der Waals surface area contributed by atoms with Crippen LogP contribution in [0.1, 0.15) is 27.9 Å². The van der Waals surface area contributed by atoms with Gasteiger partial charge in [0.05, 0.1) is 24.6 Å². The molecule has 0 radical (unpaired) electrons. The third-order valence-electron chi connectivity index (χ3n) is 6.14. The van der Waals surface area contributed by atoms with E-state index in [0.29, 0.717) is 50.4 Å². The van der Waals surface area contributed by atoms with Crippen molar-refractivity contribution in [2.24, 2.45) is 0 Å². The number of nitrogens with zero attached hydrogens (tertiary/aromatic N) is 1. The van der Waals surface area contributed by atoms with Gasteiger partial charge in [0.2, 0.25) is 5.91 Å². The third kappa shape index (κ3) is 6.45. The van der Waals surface area contributed by atoms with Crippen molar-refractivity contribution in [2.75, 3.05) is 36.5 Å². The van der Waals surface area contributed by atoms with Gasteiger partial charge in [0.15, 0.2) is 0 Å². The topological polar surface area (TPSA) is 70.7 Å². The predicted molar refractivity (Wildman–Crippen MR) is 135 cm³/mol. The number of ether oxygens (including phenoxy) is 1. The van der Waals surface area contributed by atoms with Gasteiger partial charge >= 0.3 is 0 Å². The normalized spacial score (nSPS) is 14.3. The molecular formula is C28H30FN3O3. The fourth-order valence-electron chi connectivity index (χ4n) is 4.20. The summed E-state index contributed by atoms with van der Waals surface area (Å²) < 4.78 is 19.6. The van der Waals surface area contributed by atoms with Gasteiger partial charge in [-0.3, -0.25) is 9.59 Å². The number of hydrogen-bond acceptors (Lipinski definition) is 4. The van der Waals surface area contributed by atoms with Gasteiger partial charge in [-0.1, -0.05) is 48.5 Å². The lowest BCUT2D eigenvalue weighted by molar-refractivity contribution is -0.118. The van der Waals surface area contributed by atoms with Gasteiger partial charge in [-0.2, -0.15) is 0 Å². The maximum atomic E-state index is 14.1. The van der Waals surface area contributed by atoms with Crippen LogP contribution in [0.3, 0.4) is 0 Å². The Morgan fingerprint density at radius 3 is 2.46 bits per heavy atom. The largest absolute Gasteiger partial charge is 0.378 e. The SMILES string of the molecule is Cc1ccccc1C(=O)NC(CCc1ccccc1)C(=O)Nc1cc(F)ccc1N1CCOCC1. The number of halogens is 1. The summed E-state index contributed by atoms with van der Waals surface area (Å²) in [5, 5.41) is 5.78. The Morgan fingerprint density at radius 1 is 1.00 bits per heavy atom. The third-order valence-corrected chi connectivity index (χ3v) is 6.14. The molecule has 2 amide bonds. The van der Waals surface area contributed by atoms with E-state index in [1.54, 1.807) is 18.2 Å². The van der Waals surface area contributed by atoms with Gasteiger partial charge in [-0.05, 0) is 55.2 Å². The molecule has 1 fully saturated rings. The highest BCUT2D eigenvalue weighted by molar-refractivity contribution is 6.03. The molecule has 1 aliphatic heterocycles. The molecule has 7 heteroatoms. The van der Waals surface area contributed by atoms with Crippen LogP contribution in [0.4, 0.5) is 15.8 Å². The summed E-state index contributed by atoms with van der Waals surface area (Å²) >= 11 is 0. The summed E-state index contributed by atoms with van der Waals surface area (Å²) in [4.78, 5) is 28.5. The summed E-state index contributed by atoms with van der Waals surface area (Å²) in [7, 11) is 0. The number of carbonyl (C=O) groups is 2. The summed E-state index contributed by atoms with van der Waals surface area (Å²) in [6, 6.07) is 20.6. The van der Waals surface area contributed by atoms with E-state index in [4.69, 9.17) is 4.74 Å². The molecule has 182 valence electrons. The van der Waals surface area contributed by atoms with Crippen molar-refractivity contribution in [1.29, 1.82) is 0 Å². The number of nitrogens with one attached hydrogen (secondary N) is 2. The fraction of sp³-hybridized carbons (Fsp3) is 0.286. The Balaban J connectivity index is 1.55. The van der Waals surface area contributed by atoms with Crippen LogP contribution in [0.25, 0.3) is 0 Å². The van der Waals surface area contributed by atoms with E-state index in [0.717, 1.165) is 16.8 Å². The average Bonchev–Trinajstić information content (AvgIpc) is 2.88. The van der Waals surface area contributed by atoms with E-state index in [2.05, 4.69) is 15.5 Å². The summed E-state index contributed by atoms with van der Waals surface area (Å²) in [6.07, 6.45) is 1.00. The maximum Gasteiger partial charge on any atom is 0.252 e. The Morgan fingerprint density at radius 2 is 1.71 bits per heavy atom. The van der Waals surface area contributed by atoms with Gasteiger partial charge in [0.1, 0.15) is 11.9 Å². The van der Waals surface area contributed by atoms with Crippen molar-refractivity contribution in [3.05, 3.63) is 95.3 Å². The minimum atomic E-state index is -0.803. The number of hydrogen-bond donors (Lipinski definition) is 2. The van der Waals surface area contributed by atoms with E-state index in [1.165, 1.54) is 12.1 Å². The van der Waals surface area contributed by atoms with Crippen LogP contribution in [0, 0.1) is 12.7 Å². The summed E-state index contributed by atoms with van der Waals surface area (Å²) in [6.45, 7) is 4.29. The molecule has 4 rings (SSSR count). The molecule has 0 spiro atoms. The molecule has 3 aromatic rings. The number of anilines is 2. The maximum absolute atomic E-state index is 14.1. The minimum Gasteiger partial charge on any atom is -0.378 e.